The van der Waals surface area contributed by atoms with Crippen LogP contribution in [0.5, 0.6) is 0 Å². The van der Waals surface area contributed by atoms with E-state index in [2.05, 4.69) is 25.8 Å². The monoisotopic (exact) mass is 105 g/mol. The van der Waals surface area contributed by atoms with E-state index in [0.717, 1.165) is 5.57 Å². The highest BCUT2D eigenvalue weighted by molar-refractivity contribution is 5.23. The van der Waals surface area contributed by atoms with Gasteiger partial charge < -0.3 is 0 Å². The Morgan fingerprint density at radius 3 is 2.50 bits per heavy atom. The van der Waals surface area contributed by atoms with Crippen molar-refractivity contribution >= 4 is 0 Å². The van der Waals surface area contributed by atoms with E-state index < -0.39 is 0 Å². The van der Waals surface area contributed by atoms with Crippen LogP contribution in [0.25, 0.3) is 0 Å². The van der Waals surface area contributed by atoms with Crippen LogP contribution in [-0.4, -0.2) is 0 Å². The van der Waals surface area contributed by atoms with Gasteiger partial charge in [-0.3, -0.25) is 0 Å². The molecule has 0 heterocycles. The van der Waals surface area contributed by atoms with Crippen LogP contribution in [0.15, 0.2) is 43.5 Å². The molecule has 0 rings (SSSR count). The first-order valence-electron chi connectivity index (χ1n) is 2.32. The molecule has 0 spiro atoms. The van der Waals surface area contributed by atoms with Crippen LogP contribution < -0.4 is 0 Å². The van der Waals surface area contributed by atoms with Gasteiger partial charge in [0.1, 0.15) is 0 Å². The topological polar surface area (TPSA) is 0 Å². The lowest BCUT2D eigenvalue weighted by Gasteiger charge is -1.79. The highest BCUT2D eigenvalue weighted by Crippen LogP contribution is 1.90. The van der Waals surface area contributed by atoms with Gasteiger partial charge in [-0.25, -0.2) is 0 Å². The zero-order chi connectivity index (χ0) is 6.41. The molecule has 0 atom stereocenters. The third-order valence-electron chi connectivity index (χ3n) is 0.661. The number of hydrogen-bond acceptors (Lipinski definition) is 0. The van der Waals surface area contributed by atoms with Crippen molar-refractivity contribution in [2.45, 2.75) is 0 Å². The van der Waals surface area contributed by atoms with Gasteiger partial charge in [-0.1, -0.05) is 38.0 Å². The summed E-state index contributed by atoms with van der Waals surface area (Å²) in [6, 6.07) is 0. The van der Waals surface area contributed by atoms with E-state index in [4.69, 9.17) is 0 Å². The summed E-state index contributed by atoms with van der Waals surface area (Å²) in [5, 5.41) is 0. The molecule has 8 heavy (non-hydrogen) atoms. The first-order valence-corrected chi connectivity index (χ1v) is 2.32. The van der Waals surface area contributed by atoms with Crippen molar-refractivity contribution in [1.82, 2.24) is 0 Å². The van der Waals surface area contributed by atoms with Crippen LogP contribution >= 0.6 is 0 Å². The molecule has 0 aromatic rings. The van der Waals surface area contributed by atoms with E-state index in [-0.39, 0.29) is 0 Å². The van der Waals surface area contributed by atoms with Crippen molar-refractivity contribution in [2.75, 3.05) is 0 Å². The highest BCUT2D eigenvalue weighted by atomic mass is 13.8. The largest absolute Gasteiger partial charge is 0.0991 e. The third-order valence-corrected chi connectivity index (χ3v) is 0.661. The second kappa shape index (κ2) is 4.13. The maximum absolute atomic E-state index is 3.60. The molecular weight excluding hydrogens is 96.1 g/mol. The first-order chi connectivity index (χ1) is 3.81. The Hall–Kier alpha value is -1.04. The van der Waals surface area contributed by atoms with E-state index in [0.29, 0.717) is 0 Å². The van der Waals surface area contributed by atoms with E-state index >= 15 is 0 Å². The fourth-order valence-electron chi connectivity index (χ4n) is 0.243. The lowest BCUT2D eigenvalue weighted by atomic mass is 10.3. The molecule has 0 bridgehead atoms. The van der Waals surface area contributed by atoms with Gasteiger partial charge in [0.15, 0.2) is 0 Å². The quantitative estimate of drug-likeness (QED) is 0.483. The predicted octanol–water partition coefficient (Wildman–Crippen LogP) is 2.27. The van der Waals surface area contributed by atoms with Crippen molar-refractivity contribution < 1.29 is 0 Å². The van der Waals surface area contributed by atoms with Gasteiger partial charge in [-0.2, -0.15) is 0 Å². The fourth-order valence-corrected chi connectivity index (χ4v) is 0.243. The second-order valence-electron chi connectivity index (χ2n) is 1.30. The van der Waals surface area contributed by atoms with Crippen molar-refractivity contribution in [3.05, 3.63) is 49.6 Å². The summed E-state index contributed by atoms with van der Waals surface area (Å²) in [5.41, 5.74) is 0.782. The Morgan fingerprint density at radius 2 is 2.12 bits per heavy atom. The molecule has 0 saturated carbocycles. The lowest BCUT2D eigenvalue weighted by Crippen LogP contribution is -1.61. The van der Waals surface area contributed by atoms with Gasteiger partial charge in [0, 0.05) is 0 Å². The molecule has 0 aliphatic carbocycles. The molecule has 1 radical (unpaired) electrons. The molecule has 0 N–H and O–H groups in total. The minimum atomic E-state index is 0.782. The summed E-state index contributed by atoms with van der Waals surface area (Å²) in [7, 11) is 0. The first kappa shape index (κ1) is 6.96. The lowest BCUT2D eigenvalue weighted by molar-refractivity contribution is 1.71. The number of allylic oxidation sites excluding steroid dienone is 5. The molecule has 0 aliphatic rings. The molecule has 0 saturated heterocycles. The second-order valence-corrected chi connectivity index (χ2v) is 1.30. The molecule has 0 amide bonds. The Bertz CT molecular complexity index is 127. The minimum absolute atomic E-state index is 0.782. The minimum Gasteiger partial charge on any atom is -0.0991 e. The van der Waals surface area contributed by atoms with Gasteiger partial charge in [-0.05, 0) is 11.6 Å². The molecular formula is C8H9. The van der Waals surface area contributed by atoms with Gasteiger partial charge in [0.05, 0.1) is 0 Å². The molecule has 0 aromatic heterocycles. The van der Waals surface area contributed by atoms with Gasteiger partial charge >= 0.3 is 0 Å². The SMILES string of the molecule is C=[C]C(=C)C=CC=C. The average Bonchev–Trinajstić information content (AvgIpc) is 1.83. The maximum atomic E-state index is 3.60. The van der Waals surface area contributed by atoms with E-state index in [1.165, 1.54) is 0 Å². The molecule has 0 unspecified atom stereocenters. The highest BCUT2D eigenvalue weighted by Gasteiger charge is 1.71. The number of rotatable bonds is 3. The Labute approximate surface area is 50.5 Å². The summed E-state index contributed by atoms with van der Waals surface area (Å²) in [6.45, 7) is 10.5. The summed E-state index contributed by atoms with van der Waals surface area (Å²) < 4.78 is 0. The van der Waals surface area contributed by atoms with Crippen molar-refractivity contribution in [1.29, 1.82) is 0 Å². The summed E-state index contributed by atoms with van der Waals surface area (Å²) in [6.07, 6.45) is 7.89. The molecule has 0 fully saturated rings. The molecule has 41 valence electrons. The van der Waals surface area contributed by atoms with Crippen LogP contribution in [0.1, 0.15) is 0 Å². The summed E-state index contributed by atoms with van der Waals surface area (Å²) in [5.74, 6) is 0. The average molecular weight is 105 g/mol. The van der Waals surface area contributed by atoms with E-state index in [1.54, 1.807) is 18.2 Å². The molecule has 0 heteroatoms. The third kappa shape index (κ3) is 3.16. The van der Waals surface area contributed by atoms with Gasteiger partial charge in [0.25, 0.3) is 0 Å². The van der Waals surface area contributed by atoms with Crippen molar-refractivity contribution in [2.24, 2.45) is 0 Å². The van der Waals surface area contributed by atoms with Crippen molar-refractivity contribution in [3.8, 4) is 0 Å². The summed E-state index contributed by atoms with van der Waals surface area (Å²) >= 11 is 0. The molecule has 0 aromatic carbocycles. The predicted molar refractivity (Wildman–Crippen MR) is 37.3 cm³/mol. The van der Waals surface area contributed by atoms with Gasteiger partial charge in [0.2, 0.25) is 0 Å². The molecule has 0 aliphatic heterocycles. The van der Waals surface area contributed by atoms with Crippen LogP contribution in [0.3, 0.4) is 0 Å². The zero-order valence-corrected chi connectivity index (χ0v) is 4.85. The van der Waals surface area contributed by atoms with Crippen LogP contribution in [0, 0.1) is 6.08 Å². The Morgan fingerprint density at radius 1 is 1.50 bits per heavy atom. The van der Waals surface area contributed by atoms with Crippen LogP contribution in [-0.2, 0) is 0 Å². The smallest absolute Gasteiger partial charge is 0.0190 e. The van der Waals surface area contributed by atoms with Crippen molar-refractivity contribution in [3.63, 3.8) is 0 Å². The summed E-state index contributed by atoms with van der Waals surface area (Å²) in [4.78, 5) is 0. The zero-order valence-electron chi connectivity index (χ0n) is 4.85. The normalized spacial score (nSPS) is 9.00. The van der Waals surface area contributed by atoms with Crippen LogP contribution in [0.4, 0.5) is 0 Å². The van der Waals surface area contributed by atoms with E-state index in [1.807, 2.05) is 0 Å². The van der Waals surface area contributed by atoms with E-state index in [9.17, 15) is 0 Å². The van der Waals surface area contributed by atoms with Crippen LogP contribution in [0.2, 0.25) is 0 Å². The fraction of sp³-hybridized carbons (Fsp3) is 0. The van der Waals surface area contributed by atoms with Gasteiger partial charge in [-0.15, -0.1) is 0 Å². The molecule has 0 nitrogen and oxygen atoms in total. The Kier molecular flexibility index (Phi) is 3.59. The maximum Gasteiger partial charge on any atom is -0.0190 e. The Balaban J connectivity index is 3.69. The standard InChI is InChI=1S/C8H9/c1-4-6-7-8(3)5-2/h4,6-7H,1-3H2. The number of hydrogen-bond donors (Lipinski definition) is 0.